The molecule has 284 valence electrons. The molecular weight excluding hydrogens is 620 g/mol. The zero-order valence-corrected chi connectivity index (χ0v) is 33.8. The molecule has 0 aromatic carbocycles. The standard InChI is InChI=1S/C44H74N2O4/c1-29(2)31-14-19-44(22-23-45-24-26-46(27-25-45)30(3)4)21-20-42(10)32(37(31)44)12-13-34-41(9)17-16-35(50-36(47)28-39(5,6)38(48)49)40(7,8)33(41)15-18-43(34,42)11/h30-35,37H,1,12-28H2,2-11H3,(H,48,49)/t31-,32+,33-,34+,35-,37+,41-,42+,43+,44+/m0/s1. The maximum Gasteiger partial charge on any atom is 0.309 e. The fourth-order valence-electron chi connectivity index (χ4n) is 14.4. The van der Waals surface area contributed by atoms with Crippen molar-refractivity contribution < 1.29 is 19.4 Å². The van der Waals surface area contributed by atoms with Crippen LogP contribution in [0.1, 0.15) is 146 Å². The average Bonchev–Trinajstić information content (AvgIpc) is 3.42. The minimum Gasteiger partial charge on any atom is -0.481 e. The van der Waals surface area contributed by atoms with Crippen LogP contribution in [0.3, 0.4) is 0 Å². The molecular formula is C44H74N2O4. The number of esters is 1. The number of nitrogens with zero attached hydrogens (tertiary/aromatic N) is 2. The second-order valence-electron chi connectivity index (χ2n) is 21.0. The Morgan fingerprint density at radius 3 is 2.16 bits per heavy atom. The molecule has 1 heterocycles. The molecule has 1 aliphatic heterocycles. The minimum absolute atomic E-state index is 0.0834. The lowest BCUT2D eigenvalue weighted by molar-refractivity contribution is -0.250. The van der Waals surface area contributed by atoms with E-state index in [4.69, 9.17) is 4.74 Å². The summed E-state index contributed by atoms with van der Waals surface area (Å²) in [5.74, 6) is 2.04. The first-order chi connectivity index (χ1) is 23.2. The third kappa shape index (κ3) is 6.05. The summed E-state index contributed by atoms with van der Waals surface area (Å²) in [6, 6.07) is 0.651. The van der Waals surface area contributed by atoms with E-state index < -0.39 is 11.4 Å². The Balaban J connectivity index is 1.21. The largest absolute Gasteiger partial charge is 0.481 e. The van der Waals surface area contributed by atoms with Crippen molar-refractivity contribution in [3.63, 3.8) is 0 Å². The zero-order valence-electron chi connectivity index (χ0n) is 33.8. The number of carbonyl (C=O) groups excluding carboxylic acids is 1. The zero-order chi connectivity index (χ0) is 36.7. The van der Waals surface area contributed by atoms with E-state index in [0.29, 0.717) is 40.0 Å². The summed E-state index contributed by atoms with van der Waals surface area (Å²) in [5, 5.41) is 9.62. The second kappa shape index (κ2) is 13.2. The summed E-state index contributed by atoms with van der Waals surface area (Å²) in [7, 11) is 0. The Labute approximate surface area is 305 Å². The van der Waals surface area contributed by atoms with Gasteiger partial charge in [-0.3, -0.25) is 14.5 Å². The van der Waals surface area contributed by atoms with E-state index in [1.54, 1.807) is 13.8 Å². The molecule has 0 aromatic rings. The van der Waals surface area contributed by atoms with Crippen LogP contribution in [0.5, 0.6) is 0 Å². The smallest absolute Gasteiger partial charge is 0.309 e. The van der Waals surface area contributed by atoms with Gasteiger partial charge in [-0.2, -0.15) is 0 Å². The van der Waals surface area contributed by atoms with E-state index in [1.807, 2.05) is 0 Å². The summed E-state index contributed by atoms with van der Waals surface area (Å²) in [6.07, 6.45) is 13.7. The van der Waals surface area contributed by atoms with E-state index in [2.05, 4.69) is 71.8 Å². The molecule has 0 unspecified atom stereocenters. The van der Waals surface area contributed by atoms with Gasteiger partial charge in [0.05, 0.1) is 11.8 Å². The minimum atomic E-state index is -1.12. The highest BCUT2D eigenvalue weighted by Crippen LogP contribution is 2.78. The van der Waals surface area contributed by atoms with Gasteiger partial charge in [-0.1, -0.05) is 46.8 Å². The molecule has 0 spiro atoms. The third-order valence-corrected chi connectivity index (χ3v) is 17.7. The van der Waals surface area contributed by atoms with Gasteiger partial charge in [0.2, 0.25) is 0 Å². The van der Waals surface area contributed by atoms with Gasteiger partial charge >= 0.3 is 11.9 Å². The van der Waals surface area contributed by atoms with Gasteiger partial charge in [0.1, 0.15) is 6.10 Å². The van der Waals surface area contributed by atoms with Gasteiger partial charge in [0.15, 0.2) is 0 Å². The van der Waals surface area contributed by atoms with Crippen molar-refractivity contribution in [2.45, 2.75) is 158 Å². The van der Waals surface area contributed by atoms with Crippen molar-refractivity contribution in [1.29, 1.82) is 0 Å². The molecule has 1 N–H and O–H groups in total. The molecule has 6 heteroatoms. The molecule has 6 nitrogen and oxygen atoms in total. The fourth-order valence-corrected chi connectivity index (χ4v) is 14.4. The molecule has 5 aliphatic carbocycles. The number of hydrogen-bond donors (Lipinski definition) is 1. The number of allylic oxidation sites excluding steroid dienone is 1. The van der Waals surface area contributed by atoms with Crippen LogP contribution in [0.4, 0.5) is 0 Å². The lowest BCUT2D eigenvalue weighted by atomic mass is 9.32. The second-order valence-corrected chi connectivity index (χ2v) is 21.0. The first-order valence-electron chi connectivity index (χ1n) is 20.8. The molecule has 6 rings (SSSR count). The van der Waals surface area contributed by atoms with Crippen LogP contribution in [0.25, 0.3) is 0 Å². The fraction of sp³-hybridized carbons (Fsp3) is 0.909. The Kier molecular flexibility index (Phi) is 10.1. The van der Waals surface area contributed by atoms with Crippen LogP contribution in [-0.4, -0.2) is 71.7 Å². The summed E-state index contributed by atoms with van der Waals surface area (Å²) in [4.78, 5) is 30.3. The van der Waals surface area contributed by atoms with Crippen LogP contribution in [0.2, 0.25) is 0 Å². The van der Waals surface area contributed by atoms with Gasteiger partial charge in [0, 0.05) is 37.6 Å². The molecule has 50 heavy (non-hydrogen) atoms. The van der Waals surface area contributed by atoms with Crippen LogP contribution >= 0.6 is 0 Å². The Morgan fingerprint density at radius 2 is 1.54 bits per heavy atom. The van der Waals surface area contributed by atoms with Crippen molar-refractivity contribution in [3.05, 3.63) is 12.2 Å². The number of aliphatic carboxylic acids is 1. The number of carboxylic acids is 1. The van der Waals surface area contributed by atoms with Gasteiger partial charge in [0.25, 0.3) is 0 Å². The summed E-state index contributed by atoms with van der Waals surface area (Å²) >= 11 is 0. The van der Waals surface area contributed by atoms with E-state index in [-0.39, 0.29) is 29.3 Å². The normalized spacial score (nSPS) is 43.3. The number of rotatable bonds is 9. The molecule has 0 aromatic heterocycles. The molecule has 0 amide bonds. The number of hydrogen-bond acceptors (Lipinski definition) is 5. The molecule has 5 saturated carbocycles. The van der Waals surface area contributed by atoms with Gasteiger partial charge in [-0.25, -0.2) is 0 Å². The number of piperazine rings is 1. The summed E-state index contributed by atoms with van der Waals surface area (Å²) in [6.45, 7) is 33.8. The topological polar surface area (TPSA) is 70.1 Å². The van der Waals surface area contributed by atoms with Gasteiger partial charge in [-0.05, 0) is 163 Å². The summed E-state index contributed by atoms with van der Waals surface area (Å²) < 4.78 is 6.21. The van der Waals surface area contributed by atoms with Crippen LogP contribution in [-0.2, 0) is 14.3 Å². The van der Waals surface area contributed by atoms with Gasteiger partial charge in [-0.15, -0.1) is 0 Å². The molecule has 6 aliphatic rings. The van der Waals surface area contributed by atoms with Crippen LogP contribution in [0.15, 0.2) is 12.2 Å². The molecule has 0 bridgehead atoms. The van der Waals surface area contributed by atoms with Gasteiger partial charge < -0.3 is 14.7 Å². The monoisotopic (exact) mass is 695 g/mol. The average molecular weight is 695 g/mol. The number of carbonyl (C=O) groups is 2. The van der Waals surface area contributed by atoms with Crippen molar-refractivity contribution in [2.75, 3.05) is 32.7 Å². The number of ether oxygens (including phenoxy) is 1. The maximum atomic E-state index is 13.1. The highest BCUT2D eigenvalue weighted by Gasteiger charge is 2.71. The van der Waals surface area contributed by atoms with Crippen molar-refractivity contribution >= 4 is 11.9 Å². The molecule has 10 atom stereocenters. The quantitative estimate of drug-likeness (QED) is 0.192. The Hall–Kier alpha value is -1.40. The Bertz CT molecular complexity index is 1310. The van der Waals surface area contributed by atoms with E-state index in [1.165, 1.54) is 96.1 Å². The lowest BCUT2D eigenvalue weighted by Gasteiger charge is -2.73. The summed E-state index contributed by atoms with van der Waals surface area (Å²) in [5.41, 5.74) is 1.48. The SMILES string of the molecule is C=C(C)[C@@H]1CC[C@]2(CCN3CCN(C(C)C)CC3)CC[C@]3(C)[C@H](CC[C@@H]4[C@@]5(C)CC[C@H](OC(=O)CC(C)(C)C(=O)O)C(C)(C)[C@@H]5CC[C@]43C)[C@@H]12. The maximum absolute atomic E-state index is 13.1. The van der Waals surface area contributed by atoms with Crippen LogP contribution in [0, 0.1) is 62.1 Å². The molecule has 6 fully saturated rings. The van der Waals surface area contributed by atoms with E-state index in [0.717, 1.165) is 24.7 Å². The number of carboxylic acid groups (broad SMARTS) is 1. The predicted molar refractivity (Wildman–Crippen MR) is 203 cm³/mol. The lowest BCUT2D eigenvalue weighted by Crippen LogP contribution is -2.67. The van der Waals surface area contributed by atoms with Crippen molar-refractivity contribution in [2.24, 2.45) is 62.1 Å². The molecule has 1 saturated heterocycles. The molecule has 0 radical (unpaired) electrons. The predicted octanol–water partition coefficient (Wildman–Crippen LogP) is 9.47. The van der Waals surface area contributed by atoms with E-state index >= 15 is 0 Å². The van der Waals surface area contributed by atoms with Crippen molar-refractivity contribution in [1.82, 2.24) is 9.80 Å². The highest BCUT2D eigenvalue weighted by atomic mass is 16.5. The van der Waals surface area contributed by atoms with E-state index in [9.17, 15) is 14.7 Å². The van der Waals surface area contributed by atoms with Crippen molar-refractivity contribution in [3.8, 4) is 0 Å². The number of fused-ring (bicyclic) bond motifs is 7. The Morgan fingerprint density at radius 1 is 0.860 bits per heavy atom. The van der Waals surface area contributed by atoms with Crippen LogP contribution < -0.4 is 0 Å². The first kappa shape index (κ1) is 38.3. The highest BCUT2D eigenvalue weighted by molar-refractivity contribution is 5.81. The first-order valence-corrected chi connectivity index (χ1v) is 20.8. The third-order valence-electron chi connectivity index (χ3n) is 17.7.